The Labute approximate surface area is 159 Å². The summed E-state index contributed by atoms with van der Waals surface area (Å²) >= 11 is 5.92. The lowest BCUT2D eigenvalue weighted by Crippen LogP contribution is -2.48. The van der Waals surface area contributed by atoms with Gasteiger partial charge in [0.15, 0.2) is 5.96 Å². The molecule has 128 valence electrons. The van der Waals surface area contributed by atoms with Gasteiger partial charge in [-0.1, -0.05) is 17.7 Å². The molecule has 23 heavy (non-hydrogen) atoms. The van der Waals surface area contributed by atoms with Crippen LogP contribution in [0.15, 0.2) is 29.3 Å². The predicted molar refractivity (Wildman–Crippen MR) is 103 cm³/mol. The lowest BCUT2D eigenvalue weighted by molar-refractivity contribution is 0.0992. The first-order valence-corrected chi connectivity index (χ1v) is 8.13. The fourth-order valence-corrected chi connectivity index (χ4v) is 3.24. The minimum atomic E-state index is 0. The molecule has 2 fully saturated rings. The Morgan fingerprint density at radius 2 is 2.30 bits per heavy atom. The van der Waals surface area contributed by atoms with E-state index in [1.165, 1.54) is 6.42 Å². The van der Waals surface area contributed by atoms with E-state index in [-0.39, 0.29) is 24.0 Å². The van der Waals surface area contributed by atoms with E-state index >= 15 is 0 Å². The number of hydrogen-bond donors (Lipinski definition) is 2. The van der Waals surface area contributed by atoms with Crippen LogP contribution in [0.2, 0.25) is 5.02 Å². The number of fused-ring (bicyclic) bond motifs is 2. The smallest absolute Gasteiger partial charge is 0.191 e. The van der Waals surface area contributed by atoms with Crippen LogP contribution in [0, 0.1) is 0 Å². The van der Waals surface area contributed by atoms with Gasteiger partial charge < -0.3 is 20.1 Å². The van der Waals surface area contributed by atoms with E-state index < -0.39 is 0 Å². The van der Waals surface area contributed by atoms with E-state index in [9.17, 15) is 0 Å². The van der Waals surface area contributed by atoms with Crippen LogP contribution in [0.5, 0.6) is 5.75 Å². The van der Waals surface area contributed by atoms with Crippen molar-refractivity contribution in [3.63, 3.8) is 0 Å². The van der Waals surface area contributed by atoms with E-state index in [0.29, 0.717) is 36.4 Å². The van der Waals surface area contributed by atoms with E-state index in [2.05, 4.69) is 15.6 Å². The van der Waals surface area contributed by atoms with Crippen LogP contribution in [-0.2, 0) is 4.74 Å². The fourth-order valence-electron chi connectivity index (χ4n) is 3.06. The third kappa shape index (κ3) is 5.12. The van der Waals surface area contributed by atoms with Gasteiger partial charge in [-0.2, -0.15) is 0 Å². The molecule has 2 aliphatic heterocycles. The first kappa shape index (κ1) is 18.6. The van der Waals surface area contributed by atoms with Gasteiger partial charge in [-0.3, -0.25) is 4.99 Å². The summed E-state index contributed by atoms with van der Waals surface area (Å²) in [6, 6.07) is 7.78. The number of guanidine groups is 1. The van der Waals surface area contributed by atoms with Crippen LogP contribution in [0.3, 0.4) is 0 Å². The number of aliphatic imine (C=N–C) groups is 1. The number of nitrogens with one attached hydrogen (secondary N) is 2. The molecular formula is C16H23ClIN3O2. The molecule has 7 heteroatoms. The van der Waals surface area contributed by atoms with Crippen molar-refractivity contribution in [2.24, 2.45) is 4.99 Å². The molecule has 0 aliphatic carbocycles. The second kappa shape index (κ2) is 8.94. The van der Waals surface area contributed by atoms with Gasteiger partial charge in [0.1, 0.15) is 12.4 Å². The summed E-state index contributed by atoms with van der Waals surface area (Å²) in [6.45, 7) is 1.22. The highest BCUT2D eigenvalue weighted by Gasteiger charge is 2.41. The highest BCUT2D eigenvalue weighted by molar-refractivity contribution is 14.0. The summed E-state index contributed by atoms with van der Waals surface area (Å²) in [6.07, 6.45) is 4.20. The van der Waals surface area contributed by atoms with Crippen LogP contribution in [0.4, 0.5) is 0 Å². The second-order valence-corrected chi connectivity index (χ2v) is 6.10. The molecule has 3 atom stereocenters. The number of rotatable bonds is 5. The van der Waals surface area contributed by atoms with Crippen molar-refractivity contribution < 1.29 is 9.47 Å². The van der Waals surface area contributed by atoms with E-state index in [4.69, 9.17) is 21.1 Å². The second-order valence-electron chi connectivity index (χ2n) is 5.67. The molecule has 2 N–H and O–H groups in total. The molecule has 2 heterocycles. The van der Waals surface area contributed by atoms with Crippen molar-refractivity contribution in [2.45, 2.75) is 37.5 Å². The van der Waals surface area contributed by atoms with Gasteiger partial charge in [-0.05, 0) is 37.5 Å². The Morgan fingerprint density at radius 1 is 1.43 bits per heavy atom. The van der Waals surface area contributed by atoms with Crippen LogP contribution in [-0.4, -0.2) is 44.4 Å². The SMILES string of the molecule is CN=C(NCCOc1cccc(Cl)c1)NC1CC2CCC1O2.I. The van der Waals surface area contributed by atoms with E-state index in [1.807, 2.05) is 18.2 Å². The van der Waals surface area contributed by atoms with Crippen molar-refractivity contribution in [3.8, 4) is 5.75 Å². The van der Waals surface area contributed by atoms with Crippen LogP contribution in [0.25, 0.3) is 0 Å². The zero-order valence-corrected chi connectivity index (χ0v) is 16.2. The molecule has 2 aliphatic rings. The first-order chi connectivity index (χ1) is 10.7. The summed E-state index contributed by atoms with van der Waals surface area (Å²) in [7, 11) is 1.78. The largest absolute Gasteiger partial charge is 0.492 e. The predicted octanol–water partition coefficient (Wildman–Crippen LogP) is 2.82. The van der Waals surface area contributed by atoms with Gasteiger partial charge in [-0.15, -0.1) is 24.0 Å². The summed E-state index contributed by atoms with van der Waals surface area (Å²) in [4.78, 5) is 4.26. The molecule has 3 unspecified atom stereocenters. The number of halogens is 2. The standard InChI is InChI=1S/C16H22ClN3O2.HI/c1-18-16(20-14-10-13-5-6-15(14)22-13)19-7-8-21-12-4-2-3-11(17)9-12;/h2-4,9,13-15H,5-8,10H2,1H3,(H2,18,19,20);1H. The summed E-state index contributed by atoms with van der Waals surface area (Å²) in [5, 5.41) is 7.39. The molecule has 2 saturated heterocycles. The van der Waals surface area contributed by atoms with Crippen molar-refractivity contribution in [1.82, 2.24) is 10.6 Å². The van der Waals surface area contributed by atoms with Crippen molar-refractivity contribution in [1.29, 1.82) is 0 Å². The number of benzene rings is 1. The van der Waals surface area contributed by atoms with Gasteiger partial charge in [0.2, 0.25) is 0 Å². The minimum absolute atomic E-state index is 0. The maximum Gasteiger partial charge on any atom is 0.191 e. The number of ether oxygens (including phenoxy) is 2. The Balaban J connectivity index is 0.00000192. The normalized spacial score (nSPS) is 25.8. The van der Waals surface area contributed by atoms with E-state index in [0.717, 1.165) is 24.6 Å². The molecule has 3 rings (SSSR count). The van der Waals surface area contributed by atoms with Crippen LogP contribution in [0.1, 0.15) is 19.3 Å². The third-order valence-corrected chi connectivity index (χ3v) is 4.35. The Bertz CT molecular complexity index is 544. The van der Waals surface area contributed by atoms with Gasteiger partial charge >= 0.3 is 0 Å². The Morgan fingerprint density at radius 3 is 2.96 bits per heavy atom. The first-order valence-electron chi connectivity index (χ1n) is 7.75. The number of hydrogen-bond acceptors (Lipinski definition) is 3. The zero-order chi connectivity index (χ0) is 15.4. The topological polar surface area (TPSA) is 54.9 Å². The van der Waals surface area contributed by atoms with Gasteiger partial charge in [0.25, 0.3) is 0 Å². The fraction of sp³-hybridized carbons (Fsp3) is 0.562. The lowest BCUT2D eigenvalue weighted by atomic mass is 9.96. The Hall–Kier alpha value is -0.730. The maximum atomic E-state index is 5.92. The third-order valence-electron chi connectivity index (χ3n) is 4.11. The average Bonchev–Trinajstić information content (AvgIpc) is 3.13. The zero-order valence-electron chi connectivity index (χ0n) is 13.1. The molecular weight excluding hydrogens is 429 g/mol. The molecule has 1 aromatic rings. The quantitative estimate of drug-likeness (QED) is 0.313. The highest BCUT2D eigenvalue weighted by atomic mass is 127. The van der Waals surface area contributed by atoms with Gasteiger partial charge in [0, 0.05) is 12.1 Å². The van der Waals surface area contributed by atoms with Gasteiger partial charge in [0.05, 0.1) is 24.8 Å². The summed E-state index contributed by atoms with van der Waals surface area (Å²) in [5.74, 6) is 1.58. The van der Waals surface area contributed by atoms with Crippen molar-refractivity contribution >= 4 is 41.5 Å². The lowest BCUT2D eigenvalue weighted by Gasteiger charge is -2.22. The van der Waals surface area contributed by atoms with Gasteiger partial charge in [-0.25, -0.2) is 0 Å². The highest BCUT2D eigenvalue weighted by Crippen LogP contribution is 2.34. The van der Waals surface area contributed by atoms with Crippen LogP contribution < -0.4 is 15.4 Å². The molecule has 0 spiro atoms. The number of nitrogens with zero attached hydrogens (tertiary/aromatic N) is 1. The molecule has 0 radical (unpaired) electrons. The molecule has 2 bridgehead atoms. The molecule has 0 amide bonds. The minimum Gasteiger partial charge on any atom is -0.492 e. The van der Waals surface area contributed by atoms with Crippen molar-refractivity contribution in [3.05, 3.63) is 29.3 Å². The molecule has 0 aromatic heterocycles. The summed E-state index contributed by atoms with van der Waals surface area (Å²) in [5.41, 5.74) is 0. The van der Waals surface area contributed by atoms with Crippen LogP contribution >= 0.6 is 35.6 Å². The molecule has 1 aromatic carbocycles. The monoisotopic (exact) mass is 451 g/mol. The maximum absolute atomic E-state index is 5.92. The van der Waals surface area contributed by atoms with Crippen molar-refractivity contribution in [2.75, 3.05) is 20.2 Å². The average molecular weight is 452 g/mol. The summed E-state index contributed by atoms with van der Waals surface area (Å²) < 4.78 is 11.5. The molecule has 0 saturated carbocycles. The van der Waals surface area contributed by atoms with E-state index in [1.54, 1.807) is 13.1 Å². The Kier molecular flexibility index (Phi) is 7.23. The molecule has 5 nitrogen and oxygen atoms in total.